The fraction of sp³-hybridized carbons (Fsp3) is 0.333. The lowest BCUT2D eigenvalue weighted by Crippen LogP contribution is -2.14. The van der Waals surface area contributed by atoms with Gasteiger partial charge in [-0.25, -0.2) is 9.97 Å². The third kappa shape index (κ3) is 2.81. The summed E-state index contributed by atoms with van der Waals surface area (Å²) < 4.78 is 0.770. The zero-order chi connectivity index (χ0) is 8.10. The second kappa shape index (κ2) is 4.25. The van der Waals surface area contributed by atoms with Gasteiger partial charge in [0.25, 0.3) is 0 Å². The molecule has 3 N–H and O–H groups in total. The van der Waals surface area contributed by atoms with Crippen molar-refractivity contribution in [3.05, 3.63) is 16.9 Å². The van der Waals surface area contributed by atoms with Gasteiger partial charge in [0.1, 0.15) is 4.60 Å². The van der Waals surface area contributed by atoms with Crippen LogP contribution in [0.5, 0.6) is 0 Å². The van der Waals surface area contributed by atoms with Gasteiger partial charge >= 0.3 is 0 Å². The van der Waals surface area contributed by atoms with Crippen LogP contribution in [0.25, 0.3) is 0 Å². The van der Waals surface area contributed by atoms with E-state index in [1.54, 1.807) is 12.3 Å². The normalized spacial score (nSPS) is 9.64. The molecule has 0 unspecified atom stereocenters. The monoisotopic (exact) mass is 216 g/mol. The van der Waals surface area contributed by atoms with Crippen molar-refractivity contribution in [2.24, 2.45) is 5.73 Å². The second-order valence-corrected chi connectivity index (χ2v) is 2.73. The first kappa shape index (κ1) is 8.42. The molecular weight excluding hydrogens is 208 g/mol. The van der Waals surface area contributed by atoms with Crippen molar-refractivity contribution >= 4 is 21.9 Å². The molecule has 0 aliphatic rings. The lowest BCUT2D eigenvalue weighted by Gasteiger charge is -2.00. The number of nitrogens with two attached hydrogens (primary N) is 1. The van der Waals surface area contributed by atoms with Crippen molar-refractivity contribution in [2.75, 3.05) is 18.4 Å². The molecule has 1 aromatic heterocycles. The number of halogens is 1. The van der Waals surface area contributed by atoms with E-state index in [1.807, 2.05) is 0 Å². The van der Waals surface area contributed by atoms with E-state index in [0.29, 0.717) is 19.0 Å². The lowest BCUT2D eigenvalue weighted by atomic mass is 10.6. The van der Waals surface area contributed by atoms with Crippen LogP contribution in [0.2, 0.25) is 0 Å². The maximum absolute atomic E-state index is 5.28. The Balaban J connectivity index is 2.56. The molecule has 0 radical (unpaired) electrons. The molecule has 0 saturated heterocycles. The number of nitrogens with zero attached hydrogens (tertiary/aromatic N) is 2. The zero-order valence-electron chi connectivity index (χ0n) is 5.92. The molecule has 0 spiro atoms. The van der Waals surface area contributed by atoms with Crippen molar-refractivity contribution in [1.82, 2.24) is 9.97 Å². The molecule has 11 heavy (non-hydrogen) atoms. The van der Waals surface area contributed by atoms with E-state index in [9.17, 15) is 0 Å². The first-order valence-electron chi connectivity index (χ1n) is 3.25. The van der Waals surface area contributed by atoms with Gasteiger partial charge in [-0.05, 0) is 22.0 Å². The summed E-state index contributed by atoms with van der Waals surface area (Å²) >= 11 is 3.23. The van der Waals surface area contributed by atoms with Gasteiger partial charge in [0.05, 0.1) is 0 Å². The fourth-order valence-corrected chi connectivity index (χ4v) is 0.892. The number of hydrogen-bond donors (Lipinski definition) is 2. The van der Waals surface area contributed by atoms with Crippen LogP contribution < -0.4 is 11.1 Å². The lowest BCUT2D eigenvalue weighted by molar-refractivity contribution is 0.985. The molecule has 0 amide bonds. The van der Waals surface area contributed by atoms with Gasteiger partial charge in [-0.1, -0.05) is 0 Å². The number of anilines is 1. The van der Waals surface area contributed by atoms with E-state index < -0.39 is 0 Å². The Hall–Kier alpha value is -0.680. The van der Waals surface area contributed by atoms with Crippen LogP contribution in [-0.2, 0) is 0 Å². The van der Waals surface area contributed by atoms with Gasteiger partial charge in [0.15, 0.2) is 0 Å². The Bertz CT molecular complexity index is 228. The Morgan fingerprint density at radius 1 is 1.64 bits per heavy atom. The van der Waals surface area contributed by atoms with Gasteiger partial charge < -0.3 is 11.1 Å². The highest BCUT2D eigenvalue weighted by atomic mass is 79.9. The Kier molecular flexibility index (Phi) is 3.25. The summed E-state index contributed by atoms with van der Waals surface area (Å²) in [6, 6.07) is 1.77. The van der Waals surface area contributed by atoms with Crippen LogP contribution in [0.4, 0.5) is 5.95 Å². The van der Waals surface area contributed by atoms with Crippen LogP contribution in [-0.4, -0.2) is 23.1 Å². The van der Waals surface area contributed by atoms with Gasteiger partial charge in [-0.3, -0.25) is 0 Å². The minimum atomic E-state index is 0.579. The molecule has 1 heterocycles. The number of hydrogen-bond acceptors (Lipinski definition) is 4. The van der Waals surface area contributed by atoms with E-state index >= 15 is 0 Å². The highest BCUT2D eigenvalue weighted by molar-refractivity contribution is 9.10. The molecule has 4 nitrogen and oxygen atoms in total. The van der Waals surface area contributed by atoms with Gasteiger partial charge in [-0.15, -0.1) is 0 Å². The van der Waals surface area contributed by atoms with Gasteiger partial charge in [-0.2, -0.15) is 0 Å². The summed E-state index contributed by atoms with van der Waals surface area (Å²) in [6.07, 6.45) is 1.68. The second-order valence-electron chi connectivity index (χ2n) is 1.92. The Morgan fingerprint density at radius 3 is 3.09 bits per heavy atom. The summed E-state index contributed by atoms with van der Waals surface area (Å²) in [6.45, 7) is 1.27. The maximum atomic E-state index is 5.28. The molecule has 0 aromatic carbocycles. The largest absolute Gasteiger partial charge is 0.353 e. The van der Waals surface area contributed by atoms with Crippen LogP contribution >= 0.6 is 15.9 Å². The minimum absolute atomic E-state index is 0.579. The van der Waals surface area contributed by atoms with E-state index in [4.69, 9.17) is 5.73 Å². The molecule has 1 rings (SSSR count). The van der Waals surface area contributed by atoms with E-state index in [1.165, 1.54) is 0 Å². The van der Waals surface area contributed by atoms with Crippen LogP contribution in [0.1, 0.15) is 0 Å². The summed E-state index contributed by atoms with van der Waals surface area (Å²) in [4.78, 5) is 8.02. The number of aromatic nitrogens is 2. The van der Waals surface area contributed by atoms with E-state index in [2.05, 4.69) is 31.2 Å². The van der Waals surface area contributed by atoms with Gasteiger partial charge in [0, 0.05) is 19.3 Å². The first-order chi connectivity index (χ1) is 5.33. The SMILES string of the molecule is NCCNc1nccc(Br)n1. The van der Waals surface area contributed by atoms with Crippen molar-refractivity contribution < 1.29 is 0 Å². The predicted molar refractivity (Wildman–Crippen MR) is 47.3 cm³/mol. The molecule has 0 aliphatic heterocycles. The van der Waals surface area contributed by atoms with Crippen LogP contribution in [0.3, 0.4) is 0 Å². The molecule has 5 heteroatoms. The molecule has 1 aromatic rings. The molecule has 0 fully saturated rings. The minimum Gasteiger partial charge on any atom is -0.353 e. The highest BCUT2D eigenvalue weighted by Gasteiger charge is 1.93. The average molecular weight is 217 g/mol. The van der Waals surface area contributed by atoms with E-state index in [0.717, 1.165) is 4.60 Å². The predicted octanol–water partition coefficient (Wildman–Crippen LogP) is 0.610. The third-order valence-corrected chi connectivity index (χ3v) is 1.49. The van der Waals surface area contributed by atoms with Crippen molar-refractivity contribution in [3.63, 3.8) is 0 Å². The molecule has 0 bridgehead atoms. The van der Waals surface area contributed by atoms with Crippen LogP contribution in [0.15, 0.2) is 16.9 Å². The smallest absolute Gasteiger partial charge is 0.223 e. The first-order valence-corrected chi connectivity index (χ1v) is 4.04. The third-order valence-electron chi connectivity index (χ3n) is 1.05. The molecule has 0 saturated carbocycles. The topological polar surface area (TPSA) is 63.8 Å². The summed E-state index contributed by atoms with van der Waals surface area (Å²) in [7, 11) is 0. The summed E-state index contributed by atoms with van der Waals surface area (Å²) in [5.41, 5.74) is 5.28. The van der Waals surface area contributed by atoms with Crippen LogP contribution in [0, 0.1) is 0 Å². The summed E-state index contributed by atoms with van der Waals surface area (Å²) in [5.74, 6) is 0.602. The summed E-state index contributed by atoms with van der Waals surface area (Å²) in [5, 5.41) is 2.96. The zero-order valence-corrected chi connectivity index (χ0v) is 7.50. The fourth-order valence-electron chi connectivity index (χ4n) is 0.606. The standard InChI is InChI=1S/C6H9BrN4/c7-5-1-3-9-6(11-5)10-4-2-8/h1,3H,2,4,8H2,(H,9,10,11). The highest BCUT2D eigenvalue weighted by Crippen LogP contribution is 2.05. The van der Waals surface area contributed by atoms with Crippen molar-refractivity contribution in [1.29, 1.82) is 0 Å². The quantitative estimate of drug-likeness (QED) is 0.728. The van der Waals surface area contributed by atoms with Crippen molar-refractivity contribution in [2.45, 2.75) is 0 Å². The van der Waals surface area contributed by atoms with E-state index in [-0.39, 0.29) is 0 Å². The Morgan fingerprint density at radius 2 is 2.45 bits per heavy atom. The number of rotatable bonds is 3. The molecular formula is C6H9BrN4. The van der Waals surface area contributed by atoms with Gasteiger partial charge in [0.2, 0.25) is 5.95 Å². The average Bonchev–Trinajstić information content (AvgIpc) is 2.01. The molecule has 0 atom stereocenters. The maximum Gasteiger partial charge on any atom is 0.223 e. The number of nitrogens with one attached hydrogen (secondary N) is 1. The Labute approximate surface area is 73.4 Å². The van der Waals surface area contributed by atoms with Crippen molar-refractivity contribution in [3.8, 4) is 0 Å². The molecule has 60 valence electrons. The molecule has 0 aliphatic carbocycles.